The first kappa shape index (κ1) is 13.1. The largest absolute Gasteiger partial charge is 0.475 e. The van der Waals surface area contributed by atoms with E-state index in [0.717, 1.165) is 12.1 Å². The van der Waals surface area contributed by atoms with Gasteiger partial charge in [-0.15, -0.1) is 0 Å². The Morgan fingerprint density at radius 1 is 1.32 bits per heavy atom. The highest BCUT2D eigenvalue weighted by atomic mass is 19.4. The number of rotatable bonds is 2. The van der Waals surface area contributed by atoms with Crippen LogP contribution in [0.15, 0.2) is 28.7 Å². The topological polar surface area (TPSA) is 63.3 Å². The third kappa shape index (κ3) is 2.56. The number of nitrogens with zero attached hydrogens (tertiary/aromatic N) is 1. The zero-order chi connectivity index (χ0) is 14.2. The normalized spacial score (nSPS) is 11.6. The standard InChI is InChI=1S/C11H5F4NO3/c12-6-3-1-2-5(4-6)9-16-8(11(13,14)15)7(19-9)10(17)18/h1-4H,(H,17,18). The predicted octanol–water partition coefficient (Wildman–Crippen LogP) is 3.20. The lowest BCUT2D eigenvalue weighted by Gasteiger charge is -2.00. The summed E-state index contributed by atoms with van der Waals surface area (Å²) in [6.45, 7) is 0. The van der Waals surface area contributed by atoms with Crippen LogP contribution in [0.1, 0.15) is 16.2 Å². The number of hydrogen-bond acceptors (Lipinski definition) is 3. The van der Waals surface area contributed by atoms with Gasteiger partial charge >= 0.3 is 12.1 Å². The Morgan fingerprint density at radius 2 is 2.00 bits per heavy atom. The average Bonchev–Trinajstić information content (AvgIpc) is 2.73. The van der Waals surface area contributed by atoms with Gasteiger partial charge in [0, 0.05) is 5.56 Å². The van der Waals surface area contributed by atoms with E-state index in [1.807, 2.05) is 0 Å². The molecule has 0 atom stereocenters. The van der Waals surface area contributed by atoms with E-state index in [4.69, 9.17) is 5.11 Å². The number of aromatic nitrogens is 1. The van der Waals surface area contributed by atoms with E-state index in [0.29, 0.717) is 0 Å². The molecular weight excluding hydrogens is 270 g/mol. The molecule has 0 radical (unpaired) electrons. The number of halogens is 4. The Kier molecular flexibility index (Phi) is 3.01. The van der Waals surface area contributed by atoms with Crippen LogP contribution in [0.4, 0.5) is 17.6 Å². The van der Waals surface area contributed by atoms with Crippen LogP contribution in [0.5, 0.6) is 0 Å². The second-order valence-corrected chi connectivity index (χ2v) is 3.51. The molecule has 1 heterocycles. The second kappa shape index (κ2) is 4.38. The van der Waals surface area contributed by atoms with Crippen molar-refractivity contribution in [3.05, 3.63) is 41.5 Å². The van der Waals surface area contributed by atoms with E-state index in [1.165, 1.54) is 12.1 Å². The molecule has 0 aliphatic rings. The first-order valence-electron chi connectivity index (χ1n) is 4.86. The van der Waals surface area contributed by atoms with Gasteiger partial charge in [-0.05, 0) is 18.2 Å². The van der Waals surface area contributed by atoms with Crippen molar-refractivity contribution in [1.29, 1.82) is 0 Å². The summed E-state index contributed by atoms with van der Waals surface area (Å²) in [4.78, 5) is 13.7. The SMILES string of the molecule is O=C(O)c1oc(-c2cccc(F)c2)nc1C(F)(F)F. The van der Waals surface area contributed by atoms with Crippen LogP contribution in [-0.4, -0.2) is 16.1 Å². The van der Waals surface area contributed by atoms with Crippen molar-refractivity contribution in [3.8, 4) is 11.5 Å². The van der Waals surface area contributed by atoms with Crippen molar-refractivity contribution < 1.29 is 31.9 Å². The molecule has 0 saturated carbocycles. The molecule has 0 saturated heterocycles. The average molecular weight is 275 g/mol. The number of carboxylic acids is 1. The molecule has 2 rings (SSSR count). The summed E-state index contributed by atoms with van der Waals surface area (Å²) < 4.78 is 55.2. The van der Waals surface area contributed by atoms with Crippen molar-refractivity contribution in [2.75, 3.05) is 0 Å². The fraction of sp³-hybridized carbons (Fsp3) is 0.0909. The number of benzene rings is 1. The first-order valence-corrected chi connectivity index (χ1v) is 4.86. The number of hydrogen-bond donors (Lipinski definition) is 1. The van der Waals surface area contributed by atoms with Gasteiger partial charge in [0.25, 0.3) is 0 Å². The Labute approximate surface area is 103 Å². The molecule has 0 amide bonds. The maximum absolute atomic E-state index is 12.9. The third-order valence-corrected chi connectivity index (χ3v) is 2.16. The molecule has 0 unspecified atom stereocenters. The van der Waals surface area contributed by atoms with Crippen LogP contribution in [0.25, 0.3) is 11.5 Å². The Hall–Kier alpha value is -2.38. The van der Waals surface area contributed by atoms with E-state index in [1.54, 1.807) is 0 Å². The van der Waals surface area contributed by atoms with Crippen LogP contribution < -0.4 is 0 Å². The van der Waals surface area contributed by atoms with Gasteiger partial charge in [-0.3, -0.25) is 0 Å². The van der Waals surface area contributed by atoms with Gasteiger partial charge in [0.15, 0.2) is 5.69 Å². The number of alkyl halides is 3. The third-order valence-electron chi connectivity index (χ3n) is 2.16. The number of oxazole rings is 1. The van der Waals surface area contributed by atoms with Gasteiger partial charge in [0.2, 0.25) is 11.7 Å². The second-order valence-electron chi connectivity index (χ2n) is 3.51. The number of aromatic carboxylic acids is 1. The molecule has 1 aromatic carbocycles. The molecule has 4 nitrogen and oxygen atoms in total. The minimum absolute atomic E-state index is 0.0852. The lowest BCUT2D eigenvalue weighted by molar-refractivity contribution is -0.141. The molecular formula is C11H5F4NO3. The van der Waals surface area contributed by atoms with Crippen molar-refractivity contribution in [3.63, 3.8) is 0 Å². The minimum Gasteiger partial charge on any atom is -0.475 e. The maximum Gasteiger partial charge on any atom is 0.437 e. The molecule has 2 aromatic rings. The fourth-order valence-corrected chi connectivity index (χ4v) is 1.40. The molecule has 0 bridgehead atoms. The highest BCUT2D eigenvalue weighted by Gasteiger charge is 2.41. The molecule has 1 aromatic heterocycles. The van der Waals surface area contributed by atoms with E-state index in [9.17, 15) is 22.4 Å². The van der Waals surface area contributed by atoms with Gasteiger partial charge in [0.05, 0.1) is 0 Å². The lowest BCUT2D eigenvalue weighted by Crippen LogP contribution is -2.11. The van der Waals surface area contributed by atoms with Crippen LogP contribution in [0.3, 0.4) is 0 Å². The van der Waals surface area contributed by atoms with Gasteiger partial charge < -0.3 is 9.52 Å². The first-order chi connectivity index (χ1) is 8.79. The minimum atomic E-state index is -4.97. The molecule has 8 heteroatoms. The molecule has 19 heavy (non-hydrogen) atoms. The Morgan fingerprint density at radius 3 is 2.47 bits per heavy atom. The summed E-state index contributed by atoms with van der Waals surface area (Å²) in [5.41, 5.74) is -1.74. The lowest BCUT2D eigenvalue weighted by atomic mass is 10.2. The molecule has 1 N–H and O–H groups in total. The van der Waals surface area contributed by atoms with Gasteiger partial charge in [-0.25, -0.2) is 14.2 Å². The van der Waals surface area contributed by atoms with Gasteiger partial charge in [0.1, 0.15) is 5.82 Å². The van der Waals surface area contributed by atoms with E-state index in [-0.39, 0.29) is 5.56 Å². The van der Waals surface area contributed by atoms with Crippen molar-refractivity contribution in [2.45, 2.75) is 6.18 Å². The van der Waals surface area contributed by atoms with Gasteiger partial charge in [-0.2, -0.15) is 13.2 Å². The zero-order valence-corrected chi connectivity index (χ0v) is 9.03. The highest BCUT2D eigenvalue weighted by molar-refractivity contribution is 5.86. The summed E-state index contributed by atoms with van der Waals surface area (Å²) >= 11 is 0. The number of carbonyl (C=O) groups is 1. The van der Waals surface area contributed by atoms with Crippen LogP contribution in [-0.2, 0) is 6.18 Å². The molecule has 0 aliphatic carbocycles. The summed E-state index contributed by atoms with van der Waals surface area (Å²) in [7, 11) is 0. The molecule has 0 spiro atoms. The van der Waals surface area contributed by atoms with Crippen LogP contribution in [0.2, 0.25) is 0 Å². The van der Waals surface area contributed by atoms with Crippen molar-refractivity contribution in [2.24, 2.45) is 0 Å². The summed E-state index contributed by atoms with van der Waals surface area (Å²) in [6.07, 6.45) is -4.97. The highest BCUT2D eigenvalue weighted by Crippen LogP contribution is 2.34. The van der Waals surface area contributed by atoms with Crippen LogP contribution in [0, 0.1) is 5.82 Å². The van der Waals surface area contributed by atoms with E-state index < -0.39 is 35.3 Å². The predicted molar refractivity (Wildman–Crippen MR) is 53.9 cm³/mol. The monoisotopic (exact) mass is 275 g/mol. The molecule has 0 fully saturated rings. The number of carboxylic acid groups (broad SMARTS) is 1. The summed E-state index contributed by atoms with van der Waals surface area (Å²) in [5, 5.41) is 8.64. The maximum atomic E-state index is 12.9. The van der Waals surface area contributed by atoms with Gasteiger partial charge in [-0.1, -0.05) is 6.07 Å². The van der Waals surface area contributed by atoms with E-state index >= 15 is 0 Å². The molecule has 0 aliphatic heterocycles. The smallest absolute Gasteiger partial charge is 0.437 e. The van der Waals surface area contributed by atoms with Crippen LogP contribution >= 0.6 is 0 Å². The summed E-state index contributed by atoms with van der Waals surface area (Å²) in [5.74, 6) is -4.54. The molecule has 100 valence electrons. The van der Waals surface area contributed by atoms with Crippen molar-refractivity contribution in [1.82, 2.24) is 4.98 Å². The Bertz CT molecular complexity index is 633. The fourth-order valence-electron chi connectivity index (χ4n) is 1.40. The van der Waals surface area contributed by atoms with E-state index in [2.05, 4.69) is 9.40 Å². The Balaban J connectivity index is 2.58. The quantitative estimate of drug-likeness (QED) is 0.855. The summed E-state index contributed by atoms with van der Waals surface area (Å²) in [6, 6.07) is 4.45. The zero-order valence-electron chi connectivity index (χ0n) is 9.03. The van der Waals surface area contributed by atoms with Crippen molar-refractivity contribution >= 4 is 5.97 Å².